The summed E-state index contributed by atoms with van der Waals surface area (Å²) in [7, 11) is 0. The minimum absolute atomic E-state index is 0.143. The maximum Gasteiger partial charge on any atom is 0.209 e. The molecule has 1 heterocycles. The first-order valence-corrected chi connectivity index (χ1v) is 9.14. The average molecular weight is 309 g/mol. The Morgan fingerprint density at radius 1 is 1.29 bits per heavy atom. The standard InChI is InChI=1S/C15H27N5S/c1-15(2,3)16-6-7-20-14(17-18-19-20)21-10-13-9-11-4-5-12(13)8-11/h11-13,16H,4-10H2,1-3H3. The molecule has 2 aliphatic rings. The van der Waals surface area contributed by atoms with Gasteiger partial charge in [-0.1, -0.05) is 18.2 Å². The quantitative estimate of drug-likeness (QED) is 0.819. The Hall–Kier alpha value is -0.620. The Morgan fingerprint density at radius 2 is 2.14 bits per heavy atom. The van der Waals surface area contributed by atoms with Crippen LogP contribution in [-0.2, 0) is 6.54 Å². The van der Waals surface area contributed by atoms with Crippen LogP contribution < -0.4 is 5.32 Å². The SMILES string of the molecule is CC(C)(C)NCCn1nnnc1SCC1CC2CCC1C2. The van der Waals surface area contributed by atoms with Gasteiger partial charge in [0.2, 0.25) is 5.16 Å². The minimum atomic E-state index is 0.143. The van der Waals surface area contributed by atoms with Crippen LogP contribution in [0.3, 0.4) is 0 Å². The molecule has 3 atom stereocenters. The van der Waals surface area contributed by atoms with Crippen LogP contribution in [0, 0.1) is 17.8 Å². The summed E-state index contributed by atoms with van der Waals surface area (Å²) in [6.45, 7) is 8.27. The molecule has 3 unspecified atom stereocenters. The van der Waals surface area contributed by atoms with E-state index in [1.54, 1.807) is 0 Å². The van der Waals surface area contributed by atoms with E-state index in [2.05, 4.69) is 41.6 Å². The van der Waals surface area contributed by atoms with Crippen molar-refractivity contribution >= 4 is 11.8 Å². The van der Waals surface area contributed by atoms with Crippen molar-refractivity contribution in [1.29, 1.82) is 0 Å². The van der Waals surface area contributed by atoms with E-state index in [1.807, 2.05) is 16.4 Å². The molecule has 0 amide bonds. The van der Waals surface area contributed by atoms with Gasteiger partial charge in [0, 0.05) is 17.8 Å². The van der Waals surface area contributed by atoms with E-state index >= 15 is 0 Å². The van der Waals surface area contributed by atoms with Crippen LogP contribution >= 0.6 is 11.8 Å². The molecule has 0 radical (unpaired) electrons. The number of aromatic nitrogens is 4. The van der Waals surface area contributed by atoms with Crippen LogP contribution in [0.4, 0.5) is 0 Å². The Kier molecular flexibility index (Phi) is 4.54. The second-order valence-electron chi connectivity index (χ2n) is 7.61. The lowest BCUT2D eigenvalue weighted by atomic mass is 9.90. The average Bonchev–Trinajstić information content (AvgIpc) is 3.10. The Bertz CT molecular complexity index is 467. The van der Waals surface area contributed by atoms with Crippen molar-refractivity contribution in [2.75, 3.05) is 12.3 Å². The monoisotopic (exact) mass is 309 g/mol. The van der Waals surface area contributed by atoms with Gasteiger partial charge >= 0.3 is 0 Å². The van der Waals surface area contributed by atoms with E-state index < -0.39 is 0 Å². The molecule has 21 heavy (non-hydrogen) atoms. The van der Waals surface area contributed by atoms with Gasteiger partial charge in [0.05, 0.1) is 6.54 Å². The fraction of sp³-hybridized carbons (Fsp3) is 0.933. The summed E-state index contributed by atoms with van der Waals surface area (Å²) in [5.74, 6) is 4.09. The predicted octanol–water partition coefficient (Wildman–Crippen LogP) is 2.59. The smallest absolute Gasteiger partial charge is 0.209 e. The highest BCUT2D eigenvalue weighted by atomic mass is 32.2. The first-order chi connectivity index (χ1) is 10.0. The summed E-state index contributed by atoms with van der Waals surface area (Å²) in [6, 6.07) is 0. The number of nitrogens with zero attached hydrogens (tertiary/aromatic N) is 4. The fourth-order valence-corrected chi connectivity index (χ4v) is 4.88. The van der Waals surface area contributed by atoms with Gasteiger partial charge in [0.15, 0.2) is 0 Å². The van der Waals surface area contributed by atoms with Crippen LogP contribution in [0.25, 0.3) is 0 Å². The van der Waals surface area contributed by atoms with Crippen molar-refractivity contribution in [3.8, 4) is 0 Å². The maximum atomic E-state index is 4.19. The van der Waals surface area contributed by atoms with E-state index in [-0.39, 0.29) is 5.54 Å². The highest BCUT2D eigenvalue weighted by Crippen LogP contribution is 2.49. The van der Waals surface area contributed by atoms with Gasteiger partial charge in [-0.25, -0.2) is 4.68 Å². The second kappa shape index (κ2) is 6.24. The van der Waals surface area contributed by atoms with Crippen LogP contribution in [0.15, 0.2) is 5.16 Å². The minimum Gasteiger partial charge on any atom is -0.310 e. The molecule has 2 aliphatic carbocycles. The number of tetrazole rings is 1. The van der Waals surface area contributed by atoms with Crippen LogP contribution in [0.2, 0.25) is 0 Å². The van der Waals surface area contributed by atoms with Gasteiger partial charge < -0.3 is 5.32 Å². The molecule has 118 valence electrons. The molecule has 1 aromatic heterocycles. The summed E-state index contributed by atoms with van der Waals surface area (Å²) >= 11 is 1.85. The van der Waals surface area contributed by atoms with E-state index in [0.717, 1.165) is 36.0 Å². The van der Waals surface area contributed by atoms with Crippen molar-refractivity contribution in [1.82, 2.24) is 25.5 Å². The molecule has 0 spiro atoms. The maximum absolute atomic E-state index is 4.19. The zero-order chi connectivity index (χ0) is 14.9. The number of nitrogens with one attached hydrogen (secondary N) is 1. The highest BCUT2D eigenvalue weighted by molar-refractivity contribution is 7.99. The first kappa shape index (κ1) is 15.3. The van der Waals surface area contributed by atoms with Crippen LogP contribution in [0.1, 0.15) is 46.5 Å². The lowest BCUT2D eigenvalue weighted by molar-refractivity contribution is 0.365. The van der Waals surface area contributed by atoms with Crippen molar-refractivity contribution < 1.29 is 0 Å². The van der Waals surface area contributed by atoms with Crippen LogP contribution in [-0.4, -0.2) is 38.0 Å². The third-order valence-electron chi connectivity index (χ3n) is 4.79. The van der Waals surface area contributed by atoms with Crippen LogP contribution in [0.5, 0.6) is 0 Å². The zero-order valence-corrected chi connectivity index (χ0v) is 14.2. The molecule has 2 bridgehead atoms. The number of fused-ring (bicyclic) bond motifs is 2. The summed E-state index contributed by atoms with van der Waals surface area (Å²) in [4.78, 5) is 0. The van der Waals surface area contributed by atoms with Gasteiger partial charge in [0.25, 0.3) is 0 Å². The van der Waals surface area contributed by atoms with Gasteiger partial charge in [-0.15, -0.1) is 5.10 Å². The summed E-state index contributed by atoms with van der Waals surface area (Å²) in [5, 5.41) is 16.6. The van der Waals surface area contributed by atoms with Gasteiger partial charge in [-0.3, -0.25) is 0 Å². The van der Waals surface area contributed by atoms with Crippen molar-refractivity contribution in [3.63, 3.8) is 0 Å². The molecule has 2 fully saturated rings. The molecule has 3 rings (SSSR count). The third kappa shape index (κ3) is 3.97. The van der Waals surface area contributed by atoms with E-state index in [1.165, 1.54) is 31.4 Å². The first-order valence-electron chi connectivity index (χ1n) is 8.15. The van der Waals surface area contributed by atoms with Crippen molar-refractivity contribution in [2.45, 2.75) is 63.7 Å². The Labute approximate surface area is 131 Å². The lowest BCUT2D eigenvalue weighted by Crippen LogP contribution is -2.38. The van der Waals surface area contributed by atoms with Gasteiger partial charge in [0.1, 0.15) is 0 Å². The highest BCUT2D eigenvalue weighted by Gasteiger charge is 2.39. The van der Waals surface area contributed by atoms with Gasteiger partial charge in [-0.2, -0.15) is 0 Å². The van der Waals surface area contributed by atoms with E-state index in [9.17, 15) is 0 Å². The molecule has 5 nitrogen and oxygen atoms in total. The van der Waals surface area contributed by atoms with Crippen molar-refractivity contribution in [2.24, 2.45) is 17.8 Å². The molecule has 2 saturated carbocycles. The molecule has 0 saturated heterocycles. The van der Waals surface area contributed by atoms with Gasteiger partial charge in [-0.05, 0) is 68.2 Å². The molecule has 6 heteroatoms. The third-order valence-corrected chi connectivity index (χ3v) is 5.93. The Balaban J connectivity index is 1.46. The van der Waals surface area contributed by atoms with Crippen molar-refractivity contribution in [3.05, 3.63) is 0 Å². The molecular formula is C15H27N5S. The number of hydrogen-bond acceptors (Lipinski definition) is 5. The molecule has 1 N–H and O–H groups in total. The molecule has 0 aromatic carbocycles. The predicted molar refractivity (Wildman–Crippen MR) is 85.2 cm³/mol. The molecule has 1 aromatic rings. The second-order valence-corrected chi connectivity index (χ2v) is 8.59. The summed E-state index contributed by atoms with van der Waals surface area (Å²) in [5.41, 5.74) is 0.143. The zero-order valence-electron chi connectivity index (χ0n) is 13.4. The largest absolute Gasteiger partial charge is 0.310 e. The number of rotatable bonds is 6. The lowest BCUT2D eigenvalue weighted by Gasteiger charge is -2.21. The summed E-state index contributed by atoms with van der Waals surface area (Å²) < 4.78 is 1.94. The number of hydrogen-bond donors (Lipinski definition) is 1. The summed E-state index contributed by atoms with van der Waals surface area (Å²) in [6.07, 6.45) is 5.84. The number of thioether (sulfide) groups is 1. The fourth-order valence-electron chi connectivity index (χ4n) is 3.74. The van der Waals surface area contributed by atoms with E-state index in [0.29, 0.717) is 0 Å². The normalized spacial score (nSPS) is 28.4. The topological polar surface area (TPSA) is 55.6 Å². The molecule has 0 aliphatic heterocycles. The Morgan fingerprint density at radius 3 is 2.81 bits per heavy atom. The van der Waals surface area contributed by atoms with E-state index in [4.69, 9.17) is 0 Å². The molecular weight excluding hydrogens is 282 g/mol.